The molecular weight excluding hydrogens is 362 g/mol. The van der Waals surface area contributed by atoms with Gasteiger partial charge in [-0.05, 0) is 42.9 Å². The van der Waals surface area contributed by atoms with Crippen LogP contribution >= 0.6 is 27.7 Å². The number of carbonyl (C=O) groups is 2. The molecular formula is C17H20BrNO2S. The highest BCUT2D eigenvalue weighted by molar-refractivity contribution is 9.10. The third kappa shape index (κ3) is 2.98. The summed E-state index contributed by atoms with van der Waals surface area (Å²) in [4.78, 5) is 25.8. The lowest BCUT2D eigenvalue weighted by Gasteiger charge is -2.49. The molecule has 2 fully saturated rings. The van der Waals surface area contributed by atoms with Crippen LogP contribution in [0.1, 0.15) is 38.2 Å². The Kier molecular flexibility index (Phi) is 4.64. The summed E-state index contributed by atoms with van der Waals surface area (Å²) in [6.45, 7) is 2.38. The first-order chi connectivity index (χ1) is 10.5. The van der Waals surface area contributed by atoms with Crippen LogP contribution in [0.2, 0.25) is 0 Å². The molecule has 1 saturated carbocycles. The monoisotopic (exact) mass is 381 g/mol. The standard InChI is InChI=1S/C17H20BrNO2S/c1-12(20)22-11-13-9-16(21)19(10-13)17(7-2-8-17)14-3-5-15(18)6-4-14/h3-6,13H,2,7-11H2,1H3. The molecule has 0 aromatic heterocycles. The zero-order valence-corrected chi connectivity index (χ0v) is 15.1. The number of halogens is 1. The maximum absolute atomic E-state index is 12.5. The van der Waals surface area contributed by atoms with Gasteiger partial charge in [0.2, 0.25) is 5.91 Å². The number of hydrogen-bond donors (Lipinski definition) is 0. The minimum absolute atomic E-state index is 0.104. The normalized spacial score (nSPS) is 23.5. The van der Waals surface area contributed by atoms with Crippen molar-refractivity contribution in [3.63, 3.8) is 0 Å². The number of rotatable bonds is 4. The molecule has 22 heavy (non-hydrogen) atoms. The smallest absolute Gasteiger partial charge is 0.223 e. The number of benzene rings is 1. The second-order valence-corrected chi connectivity index (χ2v) is 8.38. The molecule has 3 nitrogen and oxygen atoms in total. The van der Waals surface area contributed by atoms with Crippen LogP contribution in [-0.2, 0) is 15.1 Å². The average Bonchev–Trinajstić information content (AvgIpc) is 2.79. The number of hydrogen-bond acceptors (Lipinski definition) is 3. The van der Waals surface area contributed by atoms with Crippen LogP contribution < -0.4 is 0 Å². The Morgan fingerprint density at radius 1 is 1.36 bits per heavy atom. The first-order valence-electron chi connectivity index (χ1n) is 7.71. The third-order valence-electron chi connectivity index (χ3n) is 4.81. The Bertz CT molecular complexity index is 583. The van der Waals surface area contributed by atoms with Crippen LogP contribution in [0.15, 0.2) is 28.7 Å². The molecule has 1 atom stereocenters. The average molecular weight is 382 g/mol. The molecule has 1 unspecified atom stereocenters. The van der Waals surface area contributed by atoms with Crippen molar-refractivity contribution in [2.45, 2.75) is 38.1 Å². The highest BCUT2D eigenvalue weighted by atomic mass is 79.9. The second kappa shape index (κ2) is 6.36. The Balaban J connectivity index is 1.77. The summed E-state index contributed by atoms with van der Waals surface area (Å²) >= 11 is 4.82. The molecule has 2 aliphatic rings. The summed E-state index contributed by atoms with van der Waals surface area (Å²) in [5.74, 6) is 1.31. The van der Waals surface area contributed by atoms with Crippen molar-refractivity contribution >= 4 is 38.7 Å². The van der Waals surface area contributed by atoms with Crippen LogP contribution in [0, 0.1) is 5.92 Å². The van der Waals surface area contributed by atoms with E-state index < -0.39 is 0 Å². The highest BCUT2D eigenvalue weighted by Crippen LogP contribution is 2.49. The van der Waals surface area contributed by atoms with Crippen molar-refractivity contribution in [1.82, 2.24) is 4.90 Å². The molecule has 0 radical (unpaired) electrons. The van der Waals surface area contributed by atoms with Crippen molar-refractivity contribution in [2.75, 3.05) is 12.3 Å². The fourth-order valence-corrected chi connectivity index (χ4v) is 4.49. The van der Waals surface area contributed by atoms with Gasteiger partial charge in [-0.3, -0.25) is 9.59 Å². The van der Waals surface area contributed by atoms with E-state index in [2.05, 4.69) is 45.1 Å². The molecule has 118 valence electrons. The fraction of sp³-hybridized carbons (Fsp3) is 0.529. The highest BCUT2D eigenvalue weighted by Gasteiger charge is 2.49. The maximum atomic E-state index is 12.5. The fourth-order valence-electron chi connectivity index (χ4n) is 3.53. The number of thioether (sulfide) groups is 1. The summed E-state index contributed by atoms with van der Waals surface area (Å²) < 4.78 is 1.06. The van der Waals surface area contributed by atoms with Crippen molar-refractivity contribution in [2.24, 2.45) is 5.92 Å². The van der Waals surface area contributed by atoms with E-state index in [1.165, 1.54) is 23.7 Å². The van der Waals surface area contributed by atoms with Crippen molar-refractivity contribution in [3.8, 4) is 0 Å². The van der Waals surface area contributed by atoms with E-state index in [9.17, 15) is 9.59 Å². The van der Waals surface area contributed by atoms with E-state index in [1.54, 1.807) is 6.92 Å². The Morgan fingerprint density at radius 2 is 2.05 bits per heavy atom. The molecule has 5 heteroatoms. The minimum atomic E-state index is -0.104. The number of likely N-dealkylation sites (tertiary alicyclic amines) is 1. The molecule has 1 amide bonds. The van der Waals surface area contributed by atoms with Crippen molar-refractivity contribution in [3.05, 3.63) is 34.3 Å². The predicted molar refractivity (Wildman–Crippen MR) is 92.6 cm³/mol. The summed E-state index contributed by atoms with van der Waals surface area (Å²) in [6, 6.07) is 8.38. The van der Waals surface area contributed by atoms with E-state index in [-0.39, 0.29) is 16.6 Å². The molecule has 1 aliphatic heterocycles. The van der Waals surface area contributed by atoms with Gasteiger partial charge in [0.25, 0.3) is 0 Å². The van der Waals surface area contributed by atoms with E-state index in [0.29, 0.717) is 12.3 Å². The van der Waals surface area contributed by atoms with Gasteiger partial charge >= 0.3 is 0 Å². The number of nitrogens with zero attached hydrogens (tertiary/aromatic N) is 1. The lowest BCUT2D eigenvalue weighted by Crippen LogP contribution is -2.51. The molecule has 1 aliphatic carbocycles. The second-order valence-electron chi connectivity index (χ2n) is 6.27. The molecule has 0 spiro atoms. The van der Waals surface area contributed by atoms with Gasteiger partial charge in [0.1, 0.15) is 0 Å². The molecule has 1 aromatic carbocycles. The predicted octanol–water partition coefficient (Wildman–Crippen LogP) is 3.96. The van der Waals surface area contributed by atoms with Crippen LogP contribution in [0.25, 0.3) is 0 Å². The summed E-state index contributed by atoms with van der Waals surface area (Å²) in [7, 11) is 0. The van der Waals surface area contributed by atoms with Gasteiger partial charge in [0.05, 0.1) is 5.54 Å². The first-order valence-corrected chi connectivity index (χ1v) is 9.49. The Hall–Kier alpha value is -0.810. The first kappa shape index (κ1) is 16.1. The lowest BCUT2D eigenvalue weighted by atomic mass is 9.70. The van der Waals surface area contributed by atoms with E-state index in [1.807, 2.05) is 0 Å². The lowest BCUT2D eigenvalue weighted by molar-refractivity contribution is -0.137. The van der Waals surface area contributed by atoms with Gasteiger partial charge in [-0.25, -0.2) is 0 Å². The molecule has 1 heterocycles. The van der Waals surface area contributed by atoms with Crippen LogP contribution in [0.4, 0.5) is 0 Å². The van der Waals surface area contributed by atoms with Crippen molar-refractivity contribution < 1.29 is 9.59 Å². The van der Waals surface area contributed by atoms with E-state index in [4.69, 9.17) is 0 Å². The quantitative estimate of drug-likeness (QED) is 0.791. The third-order valence-corrected chi connectivity index (χ3v) is 6.38. The SMILES string of the molecule is CC(=O)SCC1CC(=O)N(C2(c3ccc(Br)cc3)CCC2)C1. The largest absolute Gasteiger partial charge is 0.333 e. The number of amides is 1. The number of carbonyl (C=O) groups excluding carboxylic acids is 2. The maximum Gasteiger partial charge on any atom is 0.223 e. The zero-order valence-electron chi connectivity index (χ0n) is 12.7. The van der Waals surface area contributed by atoms with E-state index in [0.717, 1.165) is 29.6 Å². The summed E-state index contributed by atoms with van der Waals surface area (Å²) in [6.07, 6.45) is 3.85. The molecule has 0 N–H and O–H groups in total. The van der Waals surface area contributed by atoms with Crippen LogP contribution in [0.5, 0.6) is 0 Å². The van der Waals surface area contributed by atoms with Gasteiger partial charge in [0, 0.05) is 30.1 Å². The summed E-state index contributed by atoms with van der Waals surface area (Å²) in [5.41, 5.74) is 1.14. The topological polar surface area (TPSA) is 37.4 Å². The Labute approximate surface area is 144 Å². The van der Waals surface area contributed by atoms with Gasteiger partial charge < -0.3 is 4.90 Å². The minimum Gasteiger partial charge on any atom is -0.333 e. The van der Waals surface area contributed by atoms with E-state index >= 15 is 0 Å². The van der Waals surface area contributed by atoms with Gasteiger partial charge in [-0.1, -0.05) is 39.8 Å². The van der Waals surface area contributed by atoms with Gasteiger partial charge in [-0.2, -0.15) is 0 Å². The van der Waals surface area contributed by atoms with Gasteiger partial charge in [-0.15, -0.1) is 0 Å². The molecule has 3 rings (SSSR count). The molecule has 0 bridgehead atoms. The van der Waals surface area contributed by atoms with Gasteiger partial charge in [0.15, 0.2) is 5.12 Å². The van der Waals surface area contributed by atoms with Crippen LogP contribution in [0.3, 0.4) is 0 Å². The van der Waals surface area contributed by atoms with Crippen LogP contribution in [-0.4, -0.2) is 28.2 Å². The summed E-state index contributed by atoms with van der Waals surface area (Å²) in [5, 5.41) is 0.136. The molecule has 1 saturated heterocycles. The zero-order chi connectivity index (χ0) is 15.7. The molecule has 1 aromatic rings. The van der Waals surface area contributed by atoms with Crippen molar-refractivity contribution in [1.29, 1.82) is 0 Å². The Morgan fingerprint density at radius 3 is 2.59 bits per heavy atom.